The fraction of sp³-hybridized carbons (Fsp3) is 0.125. The number of benzene rings is 1. The van der Waals surface area contributed by atoms with Gasteiger partial charge in [0.1, 0.15) is 0 Å². The molecule has 2 aromatic rings. The first kappa shape index (κ1) is 14.3. The van der Waals surface area contributed by atoms with Gasteiger partial charge >= 0.3 is 5.97 Å². The Labute approximate surface area is 122 Å². The van der Waals surface area contributed by atoms with Gasteiger partial charge in [-0.05, 0) is 42.8 Å². The predicted molar refractivity (Wildman–Crippen MR) is 80.7 cm³/mol. The van der Waals surface area contributed by atoms with Gasteiger partial charge in [0.25, 0.3) is 0 Å². The van der Waals surface area contributed by atoms with Gasteiger partial charge in [0, 0.05) is 11.9 Å². The van der Waals surface area contributed by atoms with E-state index in [1.165, 1.54) is 6.92 Å². The molecule has 1 aromatic carbocycles. The molecule has 0 bridgehead atoms. The lowest BCUT2D eigenvalue weighted by Crippen LogP contribution is -2.03. The predicted octanol–water partition coefficient (Wildman–Crippen LogP) is 4.14. The van der Waals surface area contributed by atoms with Gasteiger partial charge in [-0.25, -0.2) is 4.98 Å². The third kappa shape index (κ3) is 3.93. The Morgan fingerprint density at radius 2 is 2.05 bits per heavy atom. The lowest BCUT2D eigenvalue weighted by molar-refractivity contribution is -0.131. The van der Waals surface area contributed by atoms with E-state index in [1.54, 1.807) is 19.1 Å². The summed E-state index contributed by atoms with van der Waals surface area (Å²) in [4.78, 5) is 15.3. The van der Waals surface area contributed by atoms with Gasteiger partial charge in [0.05, 0.1) is 11.4 Å². The lowest BCUT2D eigenvalue weighted by Gasteiger charge is -2.05. The minimum absolute atomic E-state index is 0.350. The highest BCUT2D eigenvalue weighted by molar-refractivity contribution is 6.30. The Bertz CT molecular complexity index is 665. The highest BCUT2D eigenvalue weighted by Crippen LogP contribution is 2.18. The van der Waals surface area contributed by atoms with Crippen molar-refractivity contribution in [2.75, 3.05) is 0 Å². The molecule has 0 radical (unpaired) electrons. The molecular weight excluding hydrogens is 274 g/mol. The molecule has 3 nitrogen and oxygen atoms in total. The van der Waals surface area contributed by atoms with E-state index < -0.39 is 0 Å². The summed E-state index contributed by atoms with van der Waals surface area (Å²) in [5, 5.41) is 0.696. The molecule has 102 valence electrons. The first-order valence-electron chi connectivity index (χ1n) is 6.14. The topological polar surface area (TPSA) is 39.2 Å². The summed E-state index contributed by atoms with van der Waals surface area (Å²) in [6.07, 6.45) is 3.81. The number of hydrogen-bond acceptors (Lipinski definition) is 3. The second-order valence-electron chi connectivity index (χ2n) is 4.30. The summed E-state index contributed by atoms with van der Waals surface area (Å²) < 4.78 is 5.04. The van der Waals surface area contributed by atoms with Crippen molar-refractivity contribution < 1.29 is 9.53 Å². The van der Waals surface area contributed by atoms with Gasteiger partial charge in [-0.2, -0.15) is 0 Å². The van der Waals surface area contributed by atoms with E-state index in [-0.39, 0.29) is 5.97 Å². The summed E-state index contributed by atoms with van der Waals surface area (Å²) in [7, 11) is 0. The van der Waals surface area contributed by atoms with E-state index in [0.29, 0.717) is 16.5 Å². The molecule has 0 aliphatic rings. The highest BCUT2D eigenvalue weighted by Gasteiger charge is 2.03. The molecule has 0 fully saturated rings. The first-order valence-corrected chi connectivity index (χ1v) is 6.52. The second kappa shape index (κ2) is 6.35. The van der Waals surface area contributed by atoms with Crippen molar-refractivity contribution in [2.24, 2.45) is 0 Å². The van der Waals surface area contributed by atoms with Crippen LogP contribution in [0.3, 0.4) is 0 Å². The molecule has 0 N–H and O–H groups in total. The standard InChI is InChI=1S/C16H14ClNO2/c1-11-16(20-12(2)19)9-8-15(18-11)7-6-13-4-3-5-14(17)10-13/h3-10H,1-2H3. The van der Waals surface area contributed by atoms with Crippen molar-refractivity contribution in [3.05, 3.63) is 58.4 Å². The Hall–Kier alpha value is -2.13. The molecule has 1 aromatic heterocycles. The van der Waals surface area contributed by atoms with E-state index in [9.17, 15) is 4.79 Å². The lowest BCUT2D eigenvalue weighted by atomic mass is 10.2. The second-order valence-corrected chi connectivity index (χ2v) is 4.74. The average Bonchev–Trinajstić information content (AvgIpc) is 2.39. The van der Waals surface area contributed by atoms with E-state index in [0.717, 1.165) is 11.3 Å². The van der Waals surface area contributed by atoms with Crippen molar-refractivity contribution >= 4 is 29.7 Å². The van der Waals surface area contributed by atoms with E-state index in [1.807, 2.05) is 36.4 Å². The molecule has 0 amide bonds. The van der Waals surface area contributed by atoms with Crippen molar-refractivity contribution in [2.45, 2.75) is 13.8 Å². The molecule has 0 saturated carbocycles. The highest BCUT2D eigenvalue weighted by atomic mass is 35.5. The van der Waals surface area contributed by atoms with Crippen LogP contribution in [0.15, 0.2) is 36.4 Å². The van der Waals surface area contributed by atoms with Crippen LogP contribution in [0.5, 0.6) is 5.75 Å². The van der Waals surface area contributed by atoms with Crippen LogP contribution in [0.1, 0.15) is 23.9 Å². The largest absolute Gasteiger partial charge is 0.425 e. The number of aryl methyl sites for hydroxylation is 1. The first-order chi connectivity index (χ1) is 9.54. The van der Waals surface area contributed by atoms with Crippen molar-refractivity contribution in [1.29, 1.82) is 0 Å². The minimum Gasteiger partial charge on any atom is -0.425 e. The smallest absolute Gasteiger partial charge is 0.308 e. The number of pyridine rings is 1. The Kier molecular flexibility index (Phi) is 4.53. The molecule has 2 rings (SSSR count). The van der Waals surface area contributed by atoms with Gasteiger partial charge < -0.3 is 4.74 Å². The van der Waals surface area contributed by atoms with Crippen molar-refractivity contribution in [3.63, 3.8) is 0 Å². The molecule has 4 heteroatoms. The van der Waals surface area contributed by atoms with Gasteiger partial charge in [0.15, 0.2) is 5.75 Å². The van der Waals surface area contributed by atoms with E-state index >= 15 is 0 Å². The van der Waals surface area contributed by atoms with Gasteiger partial charge in [-0.15, -0.1) is 0 Å². The fourth-order valence-corrected chi connectivity index (χ4v) is 1.91. The number of hydrogen-bond donors (Lipinski definition) is 0. The molecule has 0 saturated heterocycles. The normalized spacial score (nSPS) is 10.8. The van der Waals surface area contributed by atoms with E-state index in [4.69, 9.17) is 16.3 Å². The number of carbonyl (C=O) groups excluding carboxylic acids is 1. The zero-order chi connectivity index (χ0) is 14.5. The van der Waals surface area contributed by atoms with Crippen LogP contribution in [-0.2, 0) is 4.79 Å². The summed E-state index contributed by atoms with van der Waals surface area (Å²) in [6.45, 7) is 3.17. The summed E-state index contributed by atoms with van der Waals surface area (Å²) in [6, 6.07) is 11.1. The van der Waals surface area contributed by atoms with Crippen LogP contribution in [0.25, 0.3) is 12.2 Å². The molecule has 1 heterocycles. The molecule has 0 spiro atoms. The molecule has 20 heavy (non-hydrogen) atoms. The Morgan fingerprint density at radius 3 is 2.70 bits per heavy atom. The fourth-order valence-electron chi connectivity index (χ4n) is 1.72. The van der Waals surface area contributed by atoms with Crippen LogP contribution >= 0.6 is 11.6 Å². The monoisotopic (exact) mass is 287 g/mol. The summed E-state index contributed by atoms with van der Waals surface area (Å²) in [5.41, 5.74) is 2.47. The zero-order valence-electron chi connectivity index (χ0n) is 11.3. The number of aromatic nitrogens is 1. The SMILES string of the molecule is CC(=O)Oc1ccc(C=Cc2cccc(Cl)c2)nc1C. The third-order valence-electron chi connectivity index (χ3n) is 2.61. The average molecular weight is 288 g/mol. The number of halogens is 1. The van der Waals surface area contributed by atoms with Crippen LogP contribution in [0.4, 0.5) is 0 Å². The molecule has 0 atom stereocenters. The van der Waals surface area contributed by atoms with Crippen LogP contribution in [0, 0.1) is 6.92 Å². The maximum atomic E-state index is 10.9. The maximum Gasteiger partial charge on any atom is 0.308 e. The number of esters is 1. The van der Waals surface area contributed by atoms with Gasteiger partial charge in [0.2, 0.25) is 0 Å². The molecular formula is C16H14ClNO2. The number of nitrogens with zero attached hydrogens (tertiary/aromatic N) is 1. The third-order valence-corrected chi connectivity index (χ3v) is 2.84. The summed E-state index contributed by atoms with van der Waals surface area (Å²) in [5.74, 6) is 0.134. The van der Waals surface area contributed by atoms with Crippen molar-refractivity contribution in [1.82, 2.24) is 4.98 Å². The van der Waals surface area contributed by atoms with E-state index in [2.05, 4.69) is 4.98 Å². The Balaban J connectivity index is 2.18. The molecule has 0 unspecified atom stereocenters. The van der Waals surface area contributed by atoms with Crippen LogP contribution in [0.2, 0.25) is 5.02 Å². The van der Waals surface area contributed by atoms with Gasteiger partial charge in [-0.1, -0.05) is 29.8 Å². The summed E-state index contributed by atoms with van der Waals surface area (Å²) >= 11 is 5.92. The quantitative estimate of drug-likeness (QED) is 0.797. The Morgan fingerprint density at radius 1 is 1.25 bits per heavy atom. The van der Waals surface area contributed by atoms with Crippen molar-refractivity contribution in [3.8, 4) is 5.75 Å². The van der Waals surface area contributed by atoms with Crippen LogP contribution < -0.4 is 4.74 Å². The van der Waals surface area contributed by atoms with Gasteiger partial charge in [-0.3, -0.25) is 4.79 Å². The van der Waals surface area contributed by atoms with Crippen LogP contribution in [-0.4, -0.2) is 11.0 Å². The maximum absolute atomic E-state index is 10.9. The zero-order valence-corrected chi connectivity index (χ0v) is 12.0. The number of rotatable bonds is 3. The minimum atomic E-state index is -0.350. The number of carbonyl (C=O) groups is 1. The molecule has 0 aliphatic carbocycles. The molecule has 0 aliphatic heterocycles. The number of ether oxygens (including phenoxy) is 1.